The largest absolute Gasteiger partial charge is 0.472 e. The minimum absolute atomic E-state index is 0.0997. The first kappa shape index (κ1) is 88.5. The second-order valence-corrected chi connectivity index (χ2v) is 28.9. The van der Waals surface area contributed by atoms with Crippen molar-refractivity contribution < 1.29 is 80.2 Å². The Morgan fingerprint density at radius 3 is 0.989 bits per heavy atom. The van der Waals surface area contributed by atoms with Gasteiger partial charge in [0.25, 0.3) is 0 Å². The van der Waals surface area contributed by atoms with Crippen LogP contribution >= 0.6 is 15.6 Å². The van der Waals surface area contributed by atoms with Gasteiger partial charge < -0.3 is 33.8 Å². The molecule has 0 heterocycles. The van der Waals surface area contributed by atoms with Gasteiger partial charge in [0.15, 0.2) is 12.2 Å². The number of hydrogen-bond acceptors (Lipinski definition) is 15. The molecule has 3 N–H and O–H groups in total. The molecule has 0 aromatic heterocycles. The van der Waals surface area contributed by atoms with E-state index < -0.39 is 97.5 Å². The summed E-state index contributed by atoms with van der Waals surface area (Å²) in [4.78, 5) is 72.3. The van der Waals surface area contributed by atoms with Crippen molar-refractivity contribution in [1.29, 1.82) is 0 Å². The molecule has 91 heavy (non-hydrogen) atoms. The Balaban J connectivity index is 5.16. The minimum Gasteiger partial charge on any atom is -0.462 e. The fourth-order valence-electron chi connectivity index (χ4n) is 10.4. The van der Waals surface area contributed by atoms with Crippen LogP contribution in [0.3, 0.4) is 0 Å². The summed E-state index contributed by atoms with van der Waals surface area (Å²) >= 11 is 0. The molecule has 3 unspecified atom stereocenters. The molecule has 0 aliphatic carbocycles. The number of carbonyl (C=O) groups excluding carboxylic acids is 4. The molecule has 0 aromatic carbocycles. The van der Waals surface area contributed by atoms with Gasteiger partial charge in [0.1, 0.15) is 19.3 Å². The maximum absolute atomic E-state index is 13.0. The lowest BCUT2D eigenvalue weighted by Crippen LogP contribution is -2.30. The van der Waals surface area contributed by atoms with Crippen LogP contribution in [0, 0.1) is 11.8 Å². The number of unbranched alkanes of at least 4 members (excludes halogenated alkanes) is 35. The van der Waals surface area contributed by atoms with Gasteiger partial charge in [-0.05, 0) is 63.2 Å². The lowest BCUT2D eigenvalue weighted by molar-refractivity contribution is -0.161. The van der Waals surface area contributed by atoms with Crippen LogP contribution in [0.1, 0.15) is 343 Å². The van der Waals surface area contributed by atoms with Gasteiger partial charge in [-0.3, -0.25) is 37.3 Å². The lowest BCUT2D eigenvalue weighted by Gasteiger charge is -2.21. The van der Waals surface area contributed by atoms with Gasteiger partial charge in [-0.2, -0.15) is 0 Å². The molecule has 0 radical (unpaired) electrons. The SMILES string of the molecule is CCCCCC/C=C\C=C/CCCCCCCC(=O)OC[C@H](COP(=O)(O)OC[C@@H](O)COP(=O)(O)OC[C@@H](COC(=O)CCCCCCC)OC(=O)CCCCCCCCC(C)CC)OC(=O)CCCCCCCCCCCCCCCCCCCCC(C)C. The molecular weight excluding hydrogens is 1200 g/mol. The van der Waals surface area contributed by atoms with Crippen molar-refractivity contribution >= 4 is 39.5 Å². The zero-order valence-electron chi connectivity index (χ0n) is 58.6. The van der Waals surface area contributed by atoms with Crippen LogP contribution < -0.4 is 0 Å². The Bertz CT molecular complexity index is 1860. The average Bonchev–Trinajstić information content (AvgIpc) is 3.73. The van der Waals surface area contributed by atoms with Crippen molar-refractivity contribution in [2.45, 2.75) is 362 Å². The predicted molar refractivity (Wildman–Crippen MR) is 367 cm³/mol. The molecule has 19 heteroatoms. The van der Waals surface area contributed by atoms with Gasteiger partial charge >= 0.3 is 39.5 Å². The highest BCUT2D eigenvalue weighted by atomic mass is 31.2. The summed E-state index contributed by atoms with van der Waals surface area (Å²) in [5, 5.41) is 10.6. The number of aliphatic hydroxyl groups is 1. The van der Waals surface area contributed by atoms with Crippen LogP contribution in [0.5, 0.6) is 0 Å². The van der Waals surface area contributed by atoms with Crippen molar-refractivity contribution in [1.82, 2.24) is 0 Å². The Morgan fingerprint density at radius 2 is 0.648 bits per heavy atom. The maximum atomic E-state index is 13.0. The fourth-order valence-corrected chi connectivity index (χ4v) is 12.0. The second-order valence-electron chi connectivity index (χ2n) is 26.0. The molecule has 536 valence electrons. The molecule has 0 saturated carbocycles. The van der Waals surface area contributed by atoms with Crippen molar-refractivity contribution in [2.75, 3.05) is 39.6 Å². The van der Waals surface area contributed by atoms with Gasteiger partial charge in [0.05, 0.1) is 26.4 Å². The fraction of sp³-hybridized carbons (Fsp3) is 0.889. The first-order chi connectivity index (χ1) is 43.9. The van der Waals surface area contributed by atoms with E-state index in [-0.39, 0.29) is 25.7 Å². The van der Waals surface area contributed by atoms with E-state index in [4.69, 9.17) is 37.0 Å². The smallest absolute Gasteiger partial charge is 0.462 e. The standard InChI is InChI=1S/C72H136O17P2/c1-7-10-12-14-15-16-17-18-23-27-30-33-36-43-49-55-70(75)83-61-68(88-71(76)56-50-44-37-34-31-28-25-22-20-19-21-24-26-29-32-35-41-46-52-64(4)5)63-87-91(80,81)85-59-66(73)58-84-90(78,79)86-62-67(60-82-69(74)54-48-40-13-11-8-2)89-72(77)57-51-45-39-38-42-47-53-65(6)9-3/h16-18,23,64-68,73H,7-15,19-22,24-63H2,1-6H3,(H,78,79)(H,80,81)/b17-16-,23-18-/t65?,66-,67+,68+/m0/s1. The summed E-state index contributed by atoms with van der Waals surface area (Å²) in [5.74, 6) is -0.630. The molecule has 0 rings (SSSR count). The number of hydrogen-bond donors (Lipinski definition) is 3. The lowest BCUT2D eigenvalue weighted by atomic mass is 10.00. The van der Waals surface area contributed by atoms with E-state index in [2.05, 4.69) is 65.8 Å². The van der Waals surface area contributed by atoms with E-state index in [0.29, 0.717) is 25.7 Å². The van der Waals surface area contributed by atoms with Crippen LogP contribution in [0.2, 0.25) is 0 Å². The van der Waals surface area contributed by atoms with Crippen molar-refractivity contribution in [3.05, 3.63) is 24.3 Å². The van der Waals surface area contributed by atoms with Crippen LogP contribution in [0.25, 0.3) is 0 Å². The molecular formula is C72H136O17P2. The van der Waals surface area contributed by atoms with E-state index >= 15 is 0 Å². The predicted octanol–water partition coefficient (Wildman–Crippen LogP) is 20.3. The zero-order chi connectivity index (χ0) is 67.2. The summed E-state index contributed by atoms with van der Waals surface area (Å²) in [5.41, 5.74) is 0. The molecule has 0 fully saturated rings. The van der Waals surface area contributed by atoms with Gasteiger partial charge in [-0.1, -0.05) is 291 Å². The number of phosphoric ester groups is 2. The molecule has 0 aromatic rings. The first-order valence-electron chi connectivity index (χ1n) is 36.8. The van der Waals surface area contributed by atoms with Gasteiger partial charge in [-0.15, -0.1) is 0 Å². The van der Waals surface area contributed by atoms with Crippen molar-refractivity contribution in [3.63, 3.8) is 0 Å². The number of rotatable bonds is 69. The summed E-state index contributed by atoms with van der Waals surface area (Å²) < 4.78 is 68.0. The number of aliphatic hydroxyl groups excluding tert-OH is 1. The third kappa shape index (κ3) is 64.6. The molecule has 6 atom stereocenters. The Labute approximate surface area is 554 Å². The van der Waals surface area contributed by atoms with Gasteiger partial charge in [0.2, 0.25) is 0 Å². The Morgan fingerprint density at radius 1 is 0.363 bits per heavy atom. The number of esters is 4. The molecule has 0 saturated heterocycles. The summed E-state index contributed by atoms with van der Waals surface area (Å²) in [6.07, 6.45) is 52.8. The zero-order valence-corrected chi connectivity index (χ0v) is 60.4. The van der Waals surface area contributed by atoms with Crippen LogP contribution in [0.4, 0.5) is 0 Å². The van der Waals surface area contributed by atoms with E-state index in [1.807, 2.05) is 0 Å². The molecule has 17 nitrogen and oxygen atoms in total. The third-order valence-corrected chi connectivity index (χ3v) is 18.3. The number of carbonyl (C=O) groups is 4. The molecule has 0 spiro atoms. The topological polar surface area (TPSA) is 237 Å². The first-order valence-corrected chi connectivity index (χ1v) is 39.8. The van der Waals surface area contributed by atoms with E-state index in [9.17, 15) is 43.2 Å². The molecule has 0 aliphatic heterocycles. The van der Waals surface area contributed by atoms with Gasteiger partial charge in [-0.25, -0.2) is 9.13 Å². The van der Waals surface area contributed by atoms with E-state index in [1.54, 1.807) is 0 Å². The summed E-state index contributed by atoms with van der Waals surface area (Å²) in [6.45, 7) is 9.38. The highest BCUT2D eigenvalue weighted by Crippen LogP contribution is 2.45. The van der Waals surface area contributed by atoms with Crippen molar-refractivity contribution in [2.24, 2.45) is 11.8 Å². The quantitative estimate of drug-likeness (QED) is 0.0169. The number of ether oxygens (including phenoxy) is 4. The summed E-state index contributed by atoms with van der Waals surface area (Å²) in [6, 6.07) is 0. The average molecular weight is 1340 g/mol. The van der Waals surface area contributed by atoms with E-state index in [1.165, 1.54) is 135 Å². The van der Waals surface area contributed by atoms with Crippen LogP contribution in [-0.2, 0) is 65.4 Å². The van der Waals surface area contributed by atoms with Crippen LogP contribution in [0.15, 0.2) is 24.3 Å². The normalized spacial score (nSPS) is 14.6. The van der Waals surface area contributed by atoms with Crippen molar-refractivity contribution in [3.8, 4) is 0 Å². The molecule has 0 amide bonds. The molecule has 0 bridgehead atoms. The molecule has 0 aliphatic rings. The Kier molecular flexibility index (Phi) is 61.9. The highest BCUT2D eigenvalue weighted by molar-refractivity contribution is 7.47. The second kappa shape index (κ2) is 63.6. The number of allylic oxidation sites excluding steroid dienone is 4. The van der Waals surface area contributed by atoms with Crippen LogP contribution in [-0.4, -0.2) is 96.7 Å². The number of phosphoric acid groups is 2. The maximum Gasteiger partial charge on any atom is 0.472 e. The summed E-state index contributed by atoms with van der Waals surface area (Å²) in [7, 11) is -9.90. The van der Waals surface area contributed by atoms with E-state index in [0.717, 1.165) is 127 Å². The Hall–Kier alpha value is -2.46. The van der Waals surface area contributed by atoms with Gasteiger partial charge in [0, 0.05) is 25.7 Å². The minimum atomic E-state index is -4.96. The highest BCUT2D eigenvalue weighted by Gasteiger charge is 2.30. The monoisotopic (exact) mass is 1330 g/mol. The third-order valence-electron chi connectivity index (χ3n) is 16.4.